The molecule has 7 nitrogen and oxygen atoms in total. The summed E-state index contributed by atoms with van der Waals surface area (Å²) in [6, 6.07) is 6.07. The maximum absolute atomic E-state index is 6.68. The molecule has 2 aliphatic rings. The minimum atomic E-state index is -0.0660. The molecular weight excluding hydrogens is 390 g/mol. The molecule has 0 aromatic carbocycles. The second-order valence-corrected chi connectivity index (χ2v) is 8.02. The van der Waals surface area contributed by atoms with Gasteiger partial charge in [-0.15, -0.1) is 0 Å². The van der Waals surface area contributed by atoms with Crippen LogP contribution in [0.15, 0.2) is 30.6 Å². The maximum atomic E-state index is 6.68. The fourth-order valence-corrected chi connectivity index (χ4v) is 4.40. The Labute approximate surface area is 174 Å². The fourth-order valence-electron chi connectivity index (χ4n) is 4.15. The Kier molecular flexibility index (Phi) is 5.11. The molecule has 0 aliphatic carbocycles. The van der Waals surface area contributed by atoms with Crippen LogP contribution in [0.5, 0.6) is 0 Å². The van der Waals surface area contributed by atoms with E-state index >= 15 is 0 Å². The molecule has 1 unspecified atom stereocenters. The molecule has 2 fully saturated rings. The number of rotatable bonds is 3. The first-order valence-electron chi connectivity index (χ1n) is 10.2. The molecule has 5 rings (SSSR count). The van der Waals surface area contributed by atoms with Crippen molar-refractivity contribution < 1.29 is 9.47 Å². The van der Waals surface area contributed by atoms with Crippen LogP contribution >= 0.6 is 11.6 Å². The largest absolute Gasteiger partial charge is 0.377 e. The zero-order valence-electron chi connectivity index (χ0n) is 16.4. The number of hydrogen-bond acceptors (Lipinski definition) is 6. The summed E-state index contributed by atoms with van der Waals surface area (Å²) in [7, 11) is 0. The van der Waals surface area contributed by atoms with Crippen molar-refractivity contribution in [2.24, 2.45) is 0 Å². The Morgan fingerprint density at radius 1 is 1.17 bits per heavy atom. The normalized spacial score (nSPS) is 22.9. The zero-order chi connectivity index (χ0) is 19.8. The van der Waals surface area contributed by atoms with Gasteiger partial charge in [-0.25, -0.2) is 9.67 Å². The van der Waals surface area contributed by atoms with Crippen LogP contribution in [0, 0.1) is 0 Å². The highest BCUT2D eigenvalue weighted by atomic mass is 35.5. The molecule has 0 saturated carbocycles. The average molecular weight is 414 g/mol. The van der Waals surface area contributed by atoms with Crippen LogP contribution in [0.3, 0.4) is 0 Å². The second-order valence-electron chi connectivity index (χ2n) is 7.62. The van der Waals surface area contributed by atoms with Gasteiger partial charge >= 0.3 is 0 Å². The van der Waals surface area contributed by atoms with Gasteiger partial charge in [0.25, 0.3) is 0 Å². The van der Waals surface area contributed by atoms with E-state index in [0.29, 0.717) is 18.2 Å². The maximum Gasteiger partial charge on any atom is 0.150 e. The van der Waals surface area contributed by atoms with E-state index in [9.17, 15) is 0 Å². The summed E-state index contributed by atoms with van der Waals surface area (Å²) in [5.74, 6) is 0.854. The minimum Gasteiger partial charge on any atom is -0.377 e. The van der Waals surface area contributed by atoms with Crippen LogP contribution in [0.1, 0.15) is 32.4 Å². The molecule has 0 radical (unpaired) electrons. The monoisotopic (exact) mass is 413 g/mol. The molecule has 3 aromatic heterocycles. The average Bonchev–Trinajstić information content (AvgIpc) is 3.24. The van der Waals surface area contributed by atoms with Crippen molar-refractivity contribution >= 4 is 28.3 Å². The van der Waals surface area contributed by atoms with Crippen LogP contribution < -0.4 is 4.90 Å². The van der Waals surface area contributed by atoms with Gasteiger partial charge in [0.2, 0.25) is 0 Å². The van der Waals surface area contributed by atoms with Gasteiger partial charge in [0.15, 0.2) is 6.23 Å². The molecule has 152 valence electrons. The summed E-state index contributed by atoms with van der Waals surface area (Å²) in [6.07, 6.45) is 6.69. The van der Waals surface area contributed by atoms with Gasteiger partial charge in [-0.3, -0.25) is 4.98 Å². The van der Waals surface area contributed by atoms with Gasteiger partial charge in [-0.2, -0.15) is 5.10 Å². The molecule has 0 spiro atoms. The second kappa shape index (κ2) is 7.89. The molecule has 8 heteroatoms. The Hall–Kier alpha value is -2.22. The Morgan fingerprint density at radius 3 is 2.93 bits per heavy atom. The first-order valence-corrected chi connectivity index (χ1v) is 10.6. The third kappa shape index (κ3) is 3.47. The van der Waals surface area contributed by atoms with Gasteiger partial charge in [-0.1, -0.05) is 11.6 Å². The third-order valence-electron chi connectivity index (χ3n) is 5.67. The number of ether oxygens (including phenoxy) is 2. The molecule has 0 N–H and O–H groups in total. The summed E-state index contributed by atoms with van der Waals surface area (Å²) in [5, 5.41) is 6.09. The van der Waals surface area contributed by atoms with Crippen LogP contribution in [0.2, 0.25) is 5.02 Å². The highest BCUT2D eigenvalue weighted by molar-refractivity contribution is 6.35. The molecular formula is C21H24ClN5O2. The van der Waals surface area contributed by atoms with Crippen molar-refractivity contribution in [2.45, 2.75) is 38.5 Å². The molecule has 2 atom stereocenters. The van der Waals surface area contributed by atoms with Gasteiger partial charge in [0.1, 0.15) is 17.0 Å². The summed E-state index contributed by atoms with van der Waals surface area (Å²) < 4.78 is 13.5. The molecule has 2 saturated heterocycles. The number of morpholine rings is 1. The standard InChI is InChI=1S/C21H24ClN5O2/c1-14-13-28-11-9-26(14)18-12-16(22)15-5-7-23-21(20(15)25-18)17-6-8-24-27(17)19-4-2-3-10-29-19/h5-8,12,14,19H,2-4,9-11,13H2,1H3/t14-,19?/m1/s1. The van der Waals surface area contributed by atoms with Crippen molar-refractivity contribution in [3.05, 3.63) is 35.6 Å². The molecule has 5 heterocycles. The lowest BCUT2D eigenvalue weighted by atomic mass is 10.1. The van der Waals surface area contributed by atoms with Crippen LogP contribution in [0.4, 0.5) is 5.82 Å². The van der Waals surface area contributed by atoms with Gasteiger partial charge in [0.05, 0.1) is 30.0 Å². The van der Waals surface area contributed by atoms with E-state index in [4.69, 9.17) is 26.1 Å². The van der Waals surface area contributed by atoms with E-state index in [1.54, 1.807) is 12.4 Å². The number of aromatic nitrogens is 4. The highest BCUT2D eigenvalue weighted by Crippen LogP contribution is 2.35. The van der Waals surface area contributed by atoms with Crippen LogP contribution in [-0.2, 0) is 9.47 Å². The molecule has 2 aliphatic heterocycles. The predicted molar refractivity (Wildman–Crippen MR) is 112 cm³/mol. The van der Waals surface area contributed by atoms with E-state index < -0.39 is 0 Å². The van der Waals surface area contributed by atoms with Gasteiger partial charge in [-0.05, 0) is 44.4 Å². The Bertz CT molecular complexity index is 1020. The SMILES string of the molecule is C[C@@H]1COCCN1c1cc(Cl)c2ccnc(-c3ccnn3C3CCCCO3)c2n1. The van der Waals surface area contributed by atoms with Crippen molar-refractivity contribution in [3.63, 3.8) is 0 Å². The van der Waals surface area contributed by atoms with E-state index in [0.717, 1.165) is 60.5 Å². The van der Waals surface area contributed by atoms with Crippen molar-refractivity contribution in [3.8, 4) is 11.4 Å². The summed E-state index contributed by atoms with van der Waals surface area (Å²) in [4.78, 5) is 11.9. The third-order valence-corrected chi connectivity index (χ3v) is 5.98. The molecule has 29 heavy (non-hydrogen) atoms. The quantitative estimate of drug-likeness (QED) is 0.644. The summed E-state index contributed by atoms with van der Waals surface area (Å²) >= 11 is 6.68. The van der Waals surface area contributed by atoms with E-state index in [1.165, 1.54) is 0 Å². The first kappa shape index (κ1) is 18.8. The number of fused-ring (bicyclic) bond motifs is 1. The number of halogens is 1. The number of nitrogens with zero attached hydrogens (tertiary/aromatic N) is 5. The van der Waals surface area contributed by atoms with Crippen molar-refractivity contribution in [1.29, 1.82) is 0 Å². The van der Waals surface area contributed by atoms with Crippen LogP contribution in [-0.4, -0.2) is 52.2 Å². The molecule has 3 aromatic rings. The van der Waals surface area contributed by atoms with E-state index in [1.807, 2.05) is 22.9 Å². The Morgan fingerprint density at radius 2 is 2.10 bits per heavy atom. The number of pyridine rings is 2. The van der Waals surface area contributed by atoms with Crippen molar-refractivity contribution in [1.82, 2.24) is 19.7 Å². The molecule has 0 bridgehead atoms. The van der Waals surface area contributed by atoms with Crippen molar-refractivity contribution in [2.75, 3.05) is 31.3 Å². The summed E-state index contributed by atoms with van der Waals surface area (Å²) in [5.41, 5.74) is 2.46. The number of anilines is 1. The van der Waals surface area contributed by atoms with E-state index in [-0.39, 0.29) is 12.3 Å². The van der Waals surface area contributed by atoms with Crippen LogP contribution in [0.25, 0.3) is 22.3 Å². The van der Waals surface area contributed by atoms with Gasteiger partial charge < -0.3 is 14.4 Å². The topological polar surface area (TPSA) is 65.3 Å². The summed E-state index contributed by atoms with van der Waals surface area (Å²) in [6.45, 7) is 5.06. The lowest BCUT2D eigenvalue weighted by Gasteiger charge is -2.34. The zero-order valence-corrected chi connectivity index (χ0v) is 17.2. The molecule has 0 amide bonds. The Balaban J connectivity index is 1.63. The number of hydrogen-bond donors (Lipinski definition) is 0. The van der Waals surface area contributed by atoms with E-state index in [2.05, 4.69) is 21.9 Å². The van der Waals surface area contributed by atoms with Gasteiger partial charge in [0, 0.05) is 30.9 Å². The smallest absolute Gasteiger partial charge is 0.150 e. The highest BCUT2D eigenvalue weighted by Gasteiger charge is 2.24. The lowest BCUT2D eigenvalue weighted by molar-refractivity contribution is -0.0383. The predicted octanol–water partition coefficient (Wildman–Crippen LogP) is 4.07. The fraction of sp³-hybridized carbons (Fsp3) is 0.476. The lowest BCUT2D eigenvalue weighted by Crippen LogP contribution is -2.44. The first-order chi connectivity index (χ1) is 14.2. The minimum absolute atomic E-state index is 0.0660.